The highest BCUT2D eigenvalue weighted by atomic mass is 79.9. The lowest BCUT2D eigenvalue weighted by Crippen LogP contribution is -3.00. The van der Waals surface area contributed by atoms with E-state index in [1.54, 1.807) is 23.1 Å². The third-order valence-electron chi connectivity index (χ3n) is 21.5. The van der Waals surface area contributed by atoms with Gasteiger partial charge in [-0.05, 0) is 431 Å². The van der Waals surface area contributed by atoms with Gasteiger partial charge in [-0.3, -0.25) is 4.18 Å². The molecule has 34 heteroatoms. The van der Waals surface area contributed by atoms with E-state index >= 15 is 0 Å². The summed E-state index contributed by atoms with van der Waals surface area (Å²) in [5.74, 6) is 3.68. The van der Waals surface area contributed by atoms with Crippen molar-refractivity contribution >= 4 is 207 Å². The minimum absolute atomic E-state index is 0. The van der Waals surface area contributed by atoms with Gasteiger partial charge in [-0.15, -0.1) is 0 Å². The standard InChI is InChI=1S/C28H27BrOP.C20H30BrNO3.C20H28BrNO3.C11H15BrO4S.C10H12Br2O.C10H11BrO3.C10H13BrO2.C7H4BrFO2.BrH/c1-2-20-30-28-21-23(18-19-27(28)29)22-31(24-12-6-3-7-13-24,25-14-8-4-9-15-25)26-16-10-5-11-17-26;2*1-5-12-24-18-14-16(6-7-17(18)21)13-15-8-10-22(11-9-15)19(23)25-20(2,3)4;1-3-6-15-11-7-9(4-5-10(11)12)8-16-17(2,13)14;1-2-5-13-10-6-8(7-11)3-4-9(10)12;1-2-5-14-9-6-7(10(12)13)3-4-8(9)11;1-2-5-13-10-6-8(7-12)3-4-9(10)11;8-5-2-1-4(7(10)11)3-6(5)9;/h3-19,21H,2,20,22H2,1H3;6-7,14-15H,5,8-13H2,1-4H3;6-7,13-14H,5,8-12H2,1-4H3;4-5,7H,3,6,8H2,1-2H3;3-4,6H,2,5,7H2,1H3;3-4,6H,2,5H2,1H3,(H,12,13);3-4,6,12H,2,5,7H2,1H3;1-3H,(H,10,11);1H/q+1;;;;;;;;/p-1. The largest absolute Gasteiger partial charge is 1.00 e. The summed E-state index contributed by atoms with van der Waals surface area (Å²) in [6.45, 7) is 33.8. The zero-order chi connectivity index (χ0) is 110. The Morgan fingerprint density at radius 2 is 0.707 bits per heavy atom. The second-order valence-corrected chi connectivity index (χ2v) is 49.0. The molecule has 2 fully saturated rings. The maximum absolute atomic E-state index is 12.6. The number of amides is 2. The molecule has 2 amide bonds. The van der Waals surface area contributed by atoms with Crippen LogP contribution in [-0.2, 0) is 54.9 Å². The number of aromatic carboxylic acids is 2. The van der Waals surface area contributed by atoms with Gasteiger partial charge >= 0.3 is 24.1 Å². The first-order valence-electron chi connectivity index (χ1n) is 49.6. The summed E-state index contributed by atoms with van der Waals surface area (Å²) in [4.78, 5) is 48.8. The van der Waals surface area contributed by atoms with Crippen molar-refractivity contribution in [1.82, 2.24) is 9.80 Å². The quantitative estimate of drug-likeness (QED) is 0.0187. The number of halogens is 11. The number of alkyl halides is 1. The number of carbonyl (C=O) groups is 4. The molecule has 2 saturated heterocycles. The van der Waals surface area contributed by atoms with Crippen LogP contribution >= 0.6 is 151 Å². The summed E-state index contributed by atoms with van der Waals surface area (Å²) in [5.41, 5.74) is 7.24. The molecule has 0 aliphatic carbocycles. The summed E-state index contributed by atoms with van der Waals surface area (Å²) >= 11 is 30.6. The molecule has 3 N–H and O–H groups in total. The van der Waals surface area contributed by atoms with Crippen LogP contribution in [0.15, 0.2) is 278 Å². The monoisotopic (exact) mass is 2740 g/mol. The van der Waals surface area contributed by atoms with Crippen LogP contribution in [0.5, 0.6) is 40.2 Å². The smallest absolute Gasteiger partial charge is 0.410 e. The van der Waals surface area contributed by atoms with Gasteiger partial charge in [0.1, 0.15) is 80.4 Å². The number of benzene rings is 11. The van der Waals surface area contributed by atoms with Gasteiger partial charge in [-0.25, -0.2) is 23.6 Å². The Labute approximate surface area is 974 Å². The van der Waals surface area contributed by atoms with E-state index in [1.165, 1.54) is 62.4 Å². The fourth-order valence-corrected chi connectivity index (χ4v) is 22.0. The van der Waals surface area contributed by atoms with E-state index in [0.29, 0.717) is 56.9 Å². The van der Waals surface area contributed by atoms with Crippen LogP contribution in [0.25, 0.3) is 6.08 Å². The van der Waals surface area contributed by atoms with Crippen LogP contribution in [0.1, 0.15) is 215 Å². The van der Waals surface area contributed by atoms with E-state index in [-0.39, 0.29) is 58.0 Å². The number of likely N-dealkylation sites (tertiary alicyclic amines) is 2. The van der Waals surface area contributed by atoms with Gasteiger partial charge in [-0.2, -0.15) is 8.42 Å². The fourth-order valence-electron chi connectivity index (χ4n) is 14.2. The summed E-state index contributed by atoms with van der Waals surface area (Å²) in [6, 6.07) is 77.6. The molecule has 150 heavy (non-hydrogen) atoms. The number of ether oxygens (including phenoxy) is 9. The molecule has 0 aromatic heterocycles. The molecule has 0 unspecified atom stereocenters. The van der Waals surface area contributed by atoms with Gasteiger partial charge in [0.25, 0.3) is 10.1 Å². The van der Waals surface area contributed by atoms with Crippen molar-refractivity contribution in [2.24, 2.45) is 5.92 Å². The molecule has 2 heterocycles. The summed E-state index contributed by atoms with van der Waals surface area (Å²) in [7, 11) is -5.32. The molecule has 0 bridgehead atoms. The van der Waals surface area contributed by atoms with Crippen LogP contribution < -0.4 is 66.1 Å². The van der Waals surface area contributed by atoms with Gasteiger partial charge in [0.15, 0.2) is 0 Å². The van der Waals surface area contributed by atoms with Gasteiger partial charge in [-0.1, -0.05) is 167 Å². The van der Waals surface area contributed by atoms with E-state index in [2.05, 4.69) is 336 Å². The van der Waals surface area contributed by atoms with Gasteiger partial charge in [0.05, 0.1) is 119 Å². The van der Waals surface area contributed by atoms with Crippen molar-refractivity contribution in [2.75, 3.05) is 78.7 Å². The second-order valence-electron chi connectivity index (χ2n) is 36.5. The number of carboxylic acid groups (broad SMARTS) is 2. The molecular formula is C116H140Br10FN2O19PS. The van der Waals surface area contributed by atoms with Crippen LogP contribution in [0.4, 0.5) is 14.0 Å². The highest BCUT2D eigenvalue weighted by molar-refractivity contribution is 9.11. The number of hydrogen-bond donors (Lipinski definition) is 3. The number of hydrogen-bond acceptors (Lipinski definition) is 17. The molecular weight excluding hydrogens is 2610 g/mol. The Morgan fingerprint density at radius 1 is 0.400 bits per heavy atom. The predicted molar refractivity (Wildman–Crippen MR) is 634 cm³/mol. The minimum atomic E-state index is -3.41. The summed E-state index contributed by atoms with van der Waals surface area (Å²) in [5, 5.41) is 31.1. The van der Waals surface area contributed by atoms with E-state index in [4.69, 9.17) is 62.1 Å². The van der Waals surface area contributed by atoms with Crippen molar-refractivity contribution in [3.05, 3.63) is 328 Å². The molecule has 0 radical (unpaired) electrons. The molecule has 21 nitrogen and oxygen atoms in total. The third-order valence-corrected chi connectivity index (χ3v) is 32.3. The fraction of sp³-hybridized carbons (Fsp3) is 0.379. The van der Waals surface area contributed by atoms with Crippen LogP contribution in [0.3, 0.4) is 0 Å². The maximum Gasteiger partial charge on any atom is 0.410 e. The predicted octanol–water partition coefficient (Wildman–Crippen LogP) is 29.6. The molecule has 11 aromatic carbocycles. The molecule has 0 spiro atoms. The van der Waals surface area contributed by atoms with Crippen LogP contribution in [0.2, 0.25) is 0 Å². The Bertz CT molecular complexity index is 5920. The number of rotatable bonds is 36. The van der Waals surface area contributed by atoms with Crippen molar-refractivity contribution in [3.63, 3.8) is 0 Å². The van der Waals surface area contributed by atoms with E-state index in [9.17, 15) is 32.0 Å². The Kier molecular flexibility index (Phi) is 62.6. The number of piperidine rings is 2. The Morgan fingerprint density at radius 3 is 1.07 bits per heavy atom. The first-order chi connectivity index (χ1) is 71.0. The number of carboxylic acids is 2. The SMILES string of the molecule is CCCOc1cc(C(=O)O)ccc1Br.CCCOc1cc(C=C2CCN(C(=O)OC(C)(C)C)CC2)ccc1Br.CCCOc1cc(CBr)ccc1Br.CCCOc1cc(CC2CCN(C(=O)OC(C)(C)C)CC2)ccc1Br.CCCOc1cc(CO)ccc1Br.CCCOc1cc(COS(C)(=O)=O)ccc1Br.CCCOc1cc(C[P+](c2ccccc2)(c2ccccc2)c2ccccc2)ccc1Br.O=C(O)c1ccc(Br)c(F)c1.[Br-]. The van der Waals surface area contributed by atoms with Gasteiger partial charge in [0, 0.05) is 31.5 Å². The van der Waals surface area contributed by atoms with Crippen LogP contribution in [0, 0.1) is 11.7 Å². The van der Waals surface area contributed by atoms with Gasteiger partial charge in [0.2, 0.25) is 0 Å². The zero-order valence-corrected chi connectivity index (χ0v) is 105. The number of carbonyl (C=O) groups excluding carboxylic acids is 2. The highest BCUT2D eigenvalue weighted by Gasteiger charge is 2.46. The summed E-state index contributed by atoms with van der Waals surface area (Å²) in [6.07, 6.45) is 15.4. The maximum atomic E-state index is 12.6. The molecule has 0 atom stereocenters. The topological polar surface area (TPSA) is 262 Å². The first kappa shape index (κ1) is 133. The Hall–Kier alpha value is -7.73. The summed E-state index contributed by atoms with van der Waals surface area (Å²) < 4.78 is 96.3. The number of aliphatic hydroxyl groups is 1. The molecule has 2 aliphatic heterocycles. The lowest BCUT2D eigenvalue weighted by molar-refractivity contribution is -0.000151. The van der Waals surface area contributed by atoms with E-state index in [1.807, 2.05) is 96.7 Å². The number of aliphatic hydroxyl groups excluding tert-OH is 1. The molecule has 816 valence electrons. The van der Waals surface area contributed by atoms with Crippen molar-refractivity contribution in [3.8, 4) is 40.2 Å². The van der Waals surface area contributed by atoms with Crippen molar-refractivity contribution in [1.29, 1.82) is 0 Å². The zero-order valence-electron chi connectivity index (χ0n) is 87.5. The van der Waals surface area contributed by atoms with E-state index < -0.39 is 46.3 Å². The van der Waals surface area contributed by atoms with Crippen molar-refractivity contribution in [2.45, 2.75) is 203 Å². The molecule has 0 saturated carbocycles. The van der Waals surface area contributed by atoms with Crippen molar-refractivity contribution < 1.29 is 111 Å². The number of nitrogens with zero attached hydrogens (tertiary/aromatic N) is 2. The lowest BCUT2D eigenvalue weighted by atomic mass is 9.90. The van der Waals surface area contributed by atoms with E-state index in [0.717, 1.165) is 211 Å². The molecule has 11 aromatic rings. The molecule has 13 rings (SSSR count). The van der Waals surface area contributed by atoms with Gasteiger partial charge < -0.3 is 84.7 Å². The van der Waals surface area contributed by atoms with Crippen LogP contribution in [-0.4, -0.2) is 148 Å². The average molecular weight is 2750 g/mol. The first-order valence-corrected chi connectivity index (χ1v) is 60.8. The normalized spacial score (nSPS) is 12.2. The average Bonchev–Trinajstić information content (AvgIpc) is 0.747. The minimum Gasteiger partial charge on any atom is -1.00 e. The Balaban J connectivity index is 0.000000308. The molecule has 2 aliphatic rings. The second kappa shape index (κ2) is 70.7. The highest BCUT2D eigenvalue weighted by Crippen LogP contribution is 2.58. The third kappa shape index (κ3) is 49.2. The lowest BCUT2D eigenvalue weighted by Gasteiger charge is -2.33.